The lowest BCUT2D eigenvalue weighted by Gasteiger charge is -2.08. The fourth-order valence-electron chi connectivity index (χ4n) is 1.60. The lowest BCUT2D eigenvalue weighted by molar-refractivity contribution is 0.298. The van der Waals surface area contributed by atoms with Gasteiger partial charge in [-0.05, 0) is 18.2 Å². The molecule has 0 amide bonds. The summed E-state index contributed by atoms with van der Waals surface area (Å²) in [5, 5.41) is 11.3. The number of rotatable bonds is 4. The Balaban J connectivity index is 2.11. The Morgan fingerprint density at radius 3 is 2.65 bits per heavy atom. The minimum Gasteiger partial charge on any atom is -0.489 e. The van der Waals surface area contributed by atoms with E-state index in [1.54, 1.807) is 6.07 Å². The van der Waals surface area contributed by atoms with E-state index in [1.807, 2.05) is 0 Å². The minimum absolute atomic E-state index is 0.0499. The zero-order chi connectivity index (χ0) is 14.5. The van der Waals surface area contributed by atoms with Gasteiger partial charge in [-0.3, -0.25) is 0 Å². The van der Waals surface area contributed by atoms with E-state index < -0.39 is 11.6 Å². The lowest BCUT2D eigenvalue weighted by atomic mass is 10.1. The first-order chi connectivity index (χ1) is 9.60. The highest BCUT2D eigenvalue weighted by molar-refractivity contribution is 5.97. The van der Waals surface area contributed by atoms with Gasteiger partial charge in [0.05, 0.1) is 0 Å². The Labute approximate surface area is 114 Å². The normalized spacial score (nSPS) is 11.4. The Bertz CT molecular complexity index is 645. The van der Waals surface area contributed by atoms with Crippen LogP contribution in [0.1, 0.15) is 11.1 Å². The third-order valence-corrected chi connectivity index (χ3v) is 2.65. The molecule has 0 saturated heterocycles. The fraction of sp³-hybridized carbons (Fsp3) is 0.0714. The van der Waals surface area contributed by atoms with Crippen molar-refractivity contribution in [1.29, 1.82) is 0 Å². The number of oxime groups is 1. The summed E-state index contributed by atoms with van der Waals surface area (Å²) in [6.07, 6.45) is 0. The van der Waals surface area contributed by atoms with Crippen LogP contribution in [0.2, 0.25) is 0 Å². The second-order valence-corrected chi connectivity index (χ2v) is 4.04. The summed E-state index contributed by atoms with van der Waals surface area (Å²) >= 11 is 0. The van der Waals surface area contributed by atoms with Crippen molar-refractivity contribution in [2.24, 2.45) is 10.9 Å². The molecule has 4 nitrogen and oxygen atoms in total. The Morgan fingerprint density at radius 2 is 2.00 bits per heavy atom. The van der Waals surface area contributed by atoms with Crippen molar-refractivity contribution in [3.05, 3.63) is 65.2 Å². The van der Waals surface area contributed by atoms with Crippen LogP contribution in [0.25, 0.3) is 0 Å². The zero-order valence-electron chi connectivity index (χ0n) is 10.4. The quantitative estimate of drug-likeness (QED) is 0.391. The van der Waals surface area contributed by atoms with Gasteiger partial charge >= 0.3 is 0 Å². The molecule has 0 radical (unpaired) electrons. The molecule has 0 aliphatic rings. The van der Waals surface area contributed by atoms with E-state index >= 15 is 0 Å². The van der Waals surface area contributed by atoms with Crippen LogP contribution in [0.5, 0.6) is 5.75 Å². The molecule has 0 saturated carbocycles. The highest BCUT2D eigenvalue weighted by atomic mass is 19.1. The van der Waals surface area contributed by atoms with Crippen LogP contribution in [0.4, 0.5) is 8.78 Å². The summed E-state index contributed by atoms with van der Waals surface area (Å²) in [5.41, 5.74) is 5.90. The molecule has 0 aliphatic heterocycles. The monoisotopic (exact) mass is 278 g/mol. The van der Waals surface area contributed by atoms with E-state index in [4.69, 9.17) is 15.7 Å². The van der Waals surface area contributed by atoms with Gasteiger partial charge < -0.3 is 15.7 Å². The number of benzene rings is 2. The standard InChI is InChI=1S/C14H12F2N2O2/c15-11-2-1-3-12(7-11)20-8-10-5-4-9(6-13(10)16)14(17)18-19/h1-7,19H,8H2,(H2,17,18). The molecule has 20 heavy (non-hydrogen) atoms. The van der Waals surface area contributed by atoms with E-state index in [0.717, 1.165) is 6.07 Å². The first-order valence-corrected chi connectivity index (χ1v) is 5.75. The van der Waals surface area contributed by atoms with E-state index in [1.165, 1.54) is 30.3 Å². The maximum absolute atomic E-state index is 13.8. The molecule has 104 valence electrons. The largest absolute Gasteiger partial charge is 0.489 e. The number of halogens is 2. The number of ether oxygens (including phenoxy) is 1. The average molecular weight is 278 g/mol. The van der Waals surface area contributed by atoms with Gasteiger partial charge in [0.1, 0.15) is 24.0 Å². The van der Waals surface area contributed by atoms with Gasteiger partial charge in [0.25, 0.3) is 0 Å². The van der Waals surface area contributed by atoms with Crippen LogP contribution in [0.3, 0.4) is 0 Å². The summed E-state index contributed by atoms with van der Waals surface area (Å²) in [6, 6.07) is 9.68. The van der Waals surface area contributed by atoms with Crippen molar-refractivity contribution in [3.63, 3.8) is 0 Å². The van der Waals surface area contributed by atoms with Gasteiger partial charge in [-0.1, -0.05) is 23.4 Å². The molecule has 0 heterocycles. The summed E-state index contributed by atoms with van der Waals surface area (Å²) in [4.78, 5) is 0. The van der Waals surface area contributed by atoms with Crippen LogP contribution in [-0.4, -0.2) is 11.0 Å². The topological polar surface area (TPSA) is 67.8 Å². The fourth-order valence-corrected chi connectivity index (χ4v) is 1.60. The third-order valence-electron chi connectivity index (χ3n) is 2.65. The number of amidine groups is 1. The molecule has 0 aliphatic carbocycles. The van der Waals surface area contributed by atoms with Gasteiger partial charge in [-0.15, -0.1) is 0 Å². The van der Waals surface area contributed by atoms with Gasteiger partial charge in [0, 0.05) is 17.2 Å². The third kappa shape index (κ3) is 3.23. The first-order valence-electron chi connectivity index (χ1n) is 5.75. The second-order valence-electron chi connectivity index (χ2n) is 4.04. The van der Waals surface area contributed by atoms with Crippen LogP contribution in [0.15, 0.2) is 47.6 Å². The summed E-state index contributed by atoms with van der Waals surface area (Å²) in [7, 11) is 0. The Morgan fingerprint density at radius 1 is 1.20 bits per heavy atom. The van der Waals surface area contributed by atoms with Crippen LogP contribution in [-0.2, 0) is 6.61 Å². The number of hydrogen-bond acceptors (Lipinski definition) is 3. The predicted molar refractivity (Wildman–Crippen MR) is 69.6 cm³/mol. The number of nitrogens with two attached hydrogens (primary N) is 1. The summed E-state index contributed by atoms with van der Waals surface area (Å²) < 4.78 is 32.0. The second kappa shape index (κ2) is 6.01. The first kappa shape index (κ1) is 13.8. The van der Waals surface area contributed by atoms with Crippen molar-refractivity contribution >= 4 is 5.84 Å². The van der Waals surface area contributed by atoms with Crippen LogP contribution >= 0.6 is 0 Å². The van der Waals surface area contributed by atoms with E-state index in [2.05, 4.69) is 5.16 Å². The number of hydrogen-bond donors (Lipinski definition) is 2. The van der Waals surface area contributed by atoms with Crippen LogP contribution < -0.4 is 10.5 Å². The van der Waals surface area contributed by atoms with Crippen molar-refractivity contribution in [2.45, 2.75) is 6.61 Å². The van der Waals surface area contributed by atoms with Gasteiger partial charge in [0.2, 0.25) is 0 Å². The highest BCUT2D eigenvalue weighted by Crippen LogP contribution is 2.16. The van der Waals surface area contributed by atoms with Crippen molar-refractivity contribution in [1.82, 2.24) is 0 Å². The maximum atomic E-state index is 13.8. The molecular weight excluding hydrogens is 266 g/mol. The molecule has 2 aromatic carbocycles. The van der Waals surface area contributed by atoms with Crippen LogP contribution in [0, 0.1) is 11.6 Å². The molecular formula is C14H12F2N2O2. The molecule has 2 rings (SSSR count). The molecule has 0 bridgehead atoms. The van der Waals surface area contributed by atoms with E-state index in [0.29, 0.717) is 5.75 Å². The average Bonchev–Trinajstić information content (AvgIpc) is 2.45. The maximum Gasteiger partial charge on any atom is 0.170 e. The van der Waals surface area contributed by atoms with Gasteiger partial charge in [-0.25, -0.2) is 8.78 Å². The molecule has 6 heteroatoms. The number of nitrogens with zero attached hydrogens (tertiary/aromatic N) is 1. The predicted octanol–water partition coefficient (Wildman–Crippen LogP) is 2.64. The van der Waals surface area contributed by atoms with Gasteiger partial charge in [0.15, 0.2) is 5.84 Å². The van der Waals surface area contributed by atoms with E-state index in [9.17, 15) is 8.78 Å². The molecule has 0 atom stereocenters. The molecule has 2 aromatic rings. The smallest absolute Gasteiger partial charge is 0.170 e. The molecule has 0 aromatic heterocycles. The van der Waals surface area contributed by atoms with Gasteiger partial charge in [-0.2, -0.15) is 0 Å². The van der Waals surface area contributed by atoms with E-state index in [-0.39, 0.29) is 23.6 Å². The lowest BCUT2D eigenvalue weighted by Crippen LogP contribution is -2.13. The molecule has 0 fully saturated rings. The minimum atomic E-state index is -0.550. The Kier molecular flexibility index (Phi) is 4.14. The SMILES string of the molecule is N/C(=N\O)c1ccc(COc2cccc(F)c2)c(F)c1. The van der Waals surface area contributed by atoms with Crippen molar-refractivity contribution in [3.8, 4) is 5.75 Å². The summed E-state index contributed by atoms with van der Waals surface area (Å²) in [6.45, 7) is -0.0499. The zero-order valence-corrected chi connectivity index (χ0v) is 10.4. The molecule has 3 N–H and O–H groups in total. The molecule has 0 spiro atoms. The van der Waals surface area contributed by atoms with Crippen molar-refractivity contribution in [2.75, 3.05) is 0 Å². The molecule has 0 unspecified atom stereocenters. The summed E-state index contributed by atoms with van der Waals surface area (Å²) in [5.74, 6) is -0.845. The highest BCUT2D eigenvalue weighted by Gasteiger charge is 2.07. The Hall–Kier alpha value is -2.63. The van der Waals surface area contributed by atoms with Crippen molar-refractivity contribution < 1.29 is 18.7 Å².